The lowest BCUT2D eigenvalue weighted by Gasteiger charge is -2.07. The van der Waals surface area contributed by atoms with Gasteiger partial charge in [0.15, 0.2) is 0 Å². The number of carbonyl (C=O) groups excluding carboxylic acids is 1. The molecule has 1 rings (SSSR count). The van der Waals surface area contributed by atoms with Crippen LogP contribution < -0.4 is 0 Å². The second-order valence-corrected chi connectivity index (χ2v) is 3.72. The second-order valence-electron chi connectivity index (χ2n) is 3.72. The van der Waals surface area contributed by atoms with Gasteiger partial charge in [0, 0.05) is 6.08 Å². The topological polar surface area (TPSA) is 50.1 Å². The molecule has 0 bridgehead atoms. The van der Waals surface area contributed by atoms with Crippen molar-refractivity contribution in [2.75, 3.05) is 0 Å². The van der Waals surface area contributed by atoms with Gasteiger partial charge in [0.1, 0.15) is 0 Å². The highest BCUT2D eigenvalue weighted by Crippen LogP contribution is 2.06. The van der Waals surface area contributed by atoms with Crippen molar-refractivity contribution in [1.29, 1.82) is 5.26 Å². The summed E-state index contributed by atoms with van der Waals surface area (Å²) in [5.41, 5.74) is 1.47. The molecule has 0 heterocycles. The summed E-state index contributed by atoms with van der Waals surface area (Å²) in [5, 5.41) is 8.63. The normalized spacial score (nSPS) is 12.1. The van der Waals surface area contributed by atoms with Crippen molar-refractivity contribution in [3.05, 3.63) is 41.5 Å². The quantitative estimate of drug-likeness (QED) is 0.589. The Hall–Kier alpha value is -2.08. The Labute approximate surface area is 101 Å². The molecule has 0 aromatic heterocycles. The first kappa shape index (κ1) is 13.0. The molecule has 0 fully saturated rings. The summed E-state index contributed by atoms with van der Waals surface area (Å²) >= 11 is 0. The highest BCUT2D eigenvalue weighted by Gasteiger charge is 2.03. The van der Waals surface area contributed by atoms with E-state index < -0.39 is 0 Å². The van der Waals surface area contributed by atoms with E-state index in [0.29, 0.717) is 5.56 Å². The molecule has 0 spiro atoms. The Morgan fingerprint density at radius 2 is 2.12 bits per heavy atom. The minimum absolute atomic E-state index is 0.0619. The van der Waals surface area contributed by atoms with Crippen LogP contribution in [0.5, 0.6) is 0 Å². The van der Waals surface area contributed by atoms with Gasteiger partial charge in [-0.1, -0.05) is 19.1 Å². The molecule has 3 nitrogen and oxygen atoms in total. The summed E-state index contributed by atoms with van der Waals surface area (Å²) in [6.07, 6.45) is 3.81. The number of hydrogen-bond donors (Lipinski definition) is 0. The van der Waals surface area contributed by atoms with Crippen LogP contribution in [0.4, 0.5) is 0 Å². The number of rotatable bonds is 4. The van der Waals surface area contributed by atoms with E-state index in [1.54, 1.807) is 30.3 Å². The van der Waals surface area contributed by atoms with Crippen LogP contribution >= 0.6 is 0 Å². The SMILES string of the molecule is CCC(C)OC(=O)C=Cc1ccc(C#N)cc1. The van der Waals surface area contributed by atoms with E-state index in [4.69, 9.17) is 10.00 Å². The minimum Gasteiger partial charge on any atom is -0.460 e. The van der Waals surface area contributed by atoms with E-state index in [2.05, 4.69) is 0 Å². The fourth-order valence-electron chi connectivity index (χ4n) is 1.15. The van der Waals surface area contributed by atoms with Gasteiger partial charge >= 0.3 is 5.97 Å². The minimum atomic E-state index is -0.344. The maximum atomic E-state index is 11.3. The highest BCUT2D eigenvalue weighted by atomic mass is 16.5. The number of ether oxygens (including phenoxy) is 1. The van der Waals surface area contributed by atoms with Crippen molar-refractivity contribution in [3.8, 4) is 6.07 Å². The third kappa shape index (κ3) is 4.52. The van der Waals surface area contributed by atoms with Gasteiger partial charge in [0.05, 0.1) is 17.7 Å². The van der Waals surface area contributed by atoms with Crippen LogP contribution in [0, 0.1) is 11.3 Å². The number of nitrogens with zero attached hydrogens (tertiary/aromatic N) is 1. The molecule has 17 heavy (non-hydrogen) atoms. The van der Waals surface area contributed by atoms with Crippen molar-refractivity contribution >= 4 is 12.0 Å². The molecule has 1 unspecified atom stereocenters. The van der Waals surface area contributed by atoms with Crippen molar-refractivity contribution in [1.82, 2.24) is 0 Å². The van der Waals surface area contributed by atoms with Crippen LogP contribution in [-0.2, 0) is 9.53 Å². The second kappa shape index (κ2) is 6.49. The highest BCUT2D eigenvalue weighted by molar-refractivity contribution is 5.87. The zero-order valence-corrected chi connectivity index (χ0v) is 10.0. The zero-order valence-electron chi connectivity index (χ0n) is 10.0. The number of carbonyl (C=O) groups is 1. The van der Waals surface area contributed by atoms with Gasteiger partial charge in [-0.3, -0.25) is 0 Å². The van der Waals surface area contributed by atoms with E-state index >= 15 is 0 Å². The fraction of sp³-hybridized carbons (Fsp3) is 0.286. The Balaban J connectivity index is 2.58. The van der Waals surface area contributed by atoms with Crippen LogP contribution in [0.25, 0.3) is 6.08 Å². The summed E-state index contributed by atoms with van der Waals surface area (Å²) in [6.45, 7) is 3.82. The van der Waals surface area contributed by atoms with E-state index in [1.165, 1.54) is 6.08 Å². The molecule has 0 aliphatic heterocycles. The van der Waals surface area contributed by atoms with Gasteiger partial charge in [-0.2, -0.15) is 5.26 Å². The summed E-state index contributed by atoms with van der Waals surface area (Å²) < 4.78 is 5.09. The monoisotopic (exact) mass is 229 g/mol. The van der Waals surface area contributed by atoms with Crippen LogP contribution in [0.1, 0.15) is 31.4 Å². The standard InChI is InChI=1S/C14H15NO2/c1-3-11(2)17-14(16)9-8-12-4-6-13(10-15)7-5-12/h4-9,11H,3H2,1-2H3. The molecule has 0 aliphatic rings. The Kier molecular flexibility index (Phi) is 4.96. The molecule has 3 heteroatoms. The molecule has 0 saturated heterocycles. The molecular formula is C14H15NO2. The number of hydrogen-bond acceptors (Lipinski definition) is 3. The predicted molar refractivity (Wildman–Crippen MR) is 66.0 cm³/mol. The molecule has 1 aromatic rings. The number of benzene rings is 1. The molecule has 1 atom stereocenters. The van der Waals surface area contributed by atoms with Gasteiger partial charge < -0.3 is 4.74 Å². The van der Waals surface area contributed by atoms with Crippen LogP contribution in [0.3, 0.4) is 0 Å². The predicted octanol–water partition coefficient (Wildman–Crippen LogP) is 2.91. The van der Waals surface area contributed by atoms with Crippen molar-refractivity contribution in [2.45, 2.75) is 26.4 Å². The van der Waals surface area contributed by atoms with Gasteiger partial charge in [-0.05, 0) is 37.1 Å². The lowest BCUT2D eigenvalue weighted by Crippen LogP contribution is -2.11. The summed E-state index contributed by atoms with van der Waals surface area (Å²) in [4.78, 5) is 11.3. The van der Waals surface area contributed by atoms with Crippen LogP contribution in [-0.4, -0.2) is 12.1 Å². The smallest absolute Gasteiger partial charge is 0.331 e. The molecule has 0 radical (unpaired) electrons. The lowest BCUT2D eigenvalue weighted by atomic mass is 10.1. The van der Waals surface area contributed by atoms with E-state index in [1.807, 2.05) is 19.9 Å². The van der Waals surface area contributed by atoms with Gasteiger partial charge in [-0.15, -0.1) is 0 Å². The number of nitriles is 1. The Bertz CT molecular complexity index is 440. The van der Waals surface area contributed by atoms with Crippen molar-refractivity contribution in [2.24, 2.45) is 0 Å². The average Bonchev–Trinajstić information content (AvgIpc) is 2.36. The molecule has 1 aromatic carbocycles. The van der Waals surface area contributed by atoms with Crippen molar-refractivity contribution < 1.29 is 9.53 Å². The van der Waals surface area contributed by atoms with Gasteiger partial charge in [0.2, 0.25) is 0 Å². The first-order chi connectivity index (χ1) is 8.15. The Morgan fingerprint density at radius 1 is 1.47 bits per heavy atom. The molecule has 0 aliphatic carbocycles. The lowest BCUT2D eigenvalue weighted by molar-refractivity contribution is -0.142. The van der Waals surface area contributed by atoms with Crippen LogP contribution in [0.15, 0.2) is 30.3 Å². The first-order valence-corrected chi connectivity index (χ1v) is 5.54. The molecule has 0 saturated carbocycles. The number of esters is 1. The maximum absolute atomic E-state index is 11.3. The van der Waals surface area contributed by atoms with E-state index in [9.17, 15) is 4.79 Å². The van der Waals surface area contributed by atoms with Gasteiger partial charge in [0.25, 0.3) is 0 Å². The molecular weight excluding hydrogens is 214 g/mol. The molecule has 0 N–H and O–H groups in total. The Morgan fingerprint density at radius 3 is 2.65 bits per heavy atom. The van der Waals surface area contributed by atoms with Gasteiger partial charge in [-0.25, -0.2) is 4.79 Å². The maximum Gasteiger partial charge on any atom is 0.331 e. The zero-order chi connectivity index (χ0) is 12.7. The van der Waals surface area contributed by atoms with E-state index in [-0.39, 0.29) is 12.1 Å². The molecule has 88 valence electrons. The summed E-state index contributed by atoms with van der Waals surface area (Å²) in [6, 6.07) is 9.02. The third-order valence-corrected chi connectivity index (χ3v) is 2.34. The molecule has 0 amide bonds. The first-order valence-electron chi connectivity index (χ1n) is 5.54. The largest absolute Gasteiger partial charge is 0.460 e. The van der Waals surface area contributed by atoms with E-state index in [0.717, 1.165) is 12.0 Å². The summed E-state index contributed by atoms with van der Waals surface area (Å²) in [7, 11) is 0. The van der Waals surface area contributed by atoms with Crippen molar-refractivity contribution in [3.63, 3.8) is 0 Å². The van der Waals surface area contributed by atoms with Crippen LogP contribution in [0.2, 0.25) is 0 Å². The fourth-order valence-corrected chi connectivity index (χ4v) is 1.15. The summed E-state index contributed by atoms with van der Waals surface area (Å²) in [5.74, 6) is -0.344. The average molecular weight is 229 g/mol. The third-order valence-electron chi connectivity index (χ3n) is 2.34.